The maximum absolute atomic E-state index is 13.1. The molecule has 1 aromatic carbocycles. The highest BCUT2D eigenvalue weighted by Crippen LogP contribution is 2.27. The average Bonchev–Trinajstić information content (AvgIpc) is 3.18. The second kappa shape index (κ2) is 9.80. The first-order valence-corrected chi connectivity index (χ1v) is 10.2. The molecule has 7 heteroatoms. The largest absolute Gasteiger partial charge is 0.459 e. The van der Waals surface area contributed by atoms with Gasteiger partial charge in [-0.15, -0.1) is 0 Å². The summed E-state index contributed by atoms with van der Waals surface area (Å²) in [5.74, 6) is 0.0626. The van der Waals surface area contributed by atoms with E-state index in [0.29, 0.717) is 18.8 Å². The number of likely N-dealkylation sites (N-methyl/N-ethyl adjacent to an activating group) is 1. The van der Waals surface area contributed by atoms with Gasteiger partial charge in [0.05, 0.1) is 33.4 Å². The average molecular weight is 416 g/mol. The van der Waals surface area contributed by atoms with Crippen molar-refractivity contribution in [3.05, 3.63) is 47.9 Å². The Morgan fingerprint density at radius 3 is 2.37 bits per heavy atom. The molecule has 0 fully saturated rings. The minimum atomic E-state index is -0.467. The van der Waals surface area contributed by atoms with Gasteiger partial charge in [-0.25, -0.2) is 0 Å². The third-order valence-electron chi connectivity index (χ3n) is 4.74. The maximum atomic E-state index is 13.1. The number of anilines is 2. The minimum absolute atomic E-state index is 0.110. The number of rotatable bonds is 8. The van der Waals surface area contributed by atoms with Crippen LogP contribution in [-0.2, 0) is 11.3 Å². The van der Waals surface area contributed by atoms with Gasteiger partial charge in [0.15, 0.2) is 5.76 Å². The summed E-state index contributed by atoms with van der Waals surface area (Å²) in [7, 11) is 8.10. The summed E-state index contributed by atoms with van der Waals surface area (Å²) in [6.45, 7) is 7.82. The Kier molecular flexibility index (Phi) is 7.67. The molecule has 0 spiro atoms. The third-order valence-corrected chi connectivity index (χ3v) is 4.74. The number of benzene rings is 1. The second-order valence-electron chi connectivity index (χ2n) is 9.10. The molecule has 1 heterocycles. The quantitative estimate of drug-likeness (QED) is 0.693. The number of quaternary nitrogens is 1. The van der Waals surface area contributed by atoms with E-state index in [2.05, 4.69) is 19.4 Å². The molecule has 1 aromatic heterocycles. The third kappa shape index (κ3) is 6.35. The van der Waals surface area contributed by atoms with Crippen molar-refractivity contribution >= 4 is 23.2 Å². The highest BCUT2D eigenvalue weighted by molar-refractivity contribution is 6.02. The van der Waals surface area contributed by atoms with Gasteiger partial charge in [0.2, 0.25) is 5.91 Å². The Balaban J connectivity index is 2.32. The van der Waals surface area contributed by atoms with E-state index in [1.807, 2.05) is 62.9 Å². The fraction of sp³-hybridized carbons (Fsp3) is 0.478. The van der Waals surface area contributed by atoms with E-state index in [1.54, 1.807) is 12.1 Å². The van der Waals surface area contributed by atoms with Crippen LogP contribution in [0.3, 0.4) is 0 Å². The molecule has 7 nitrogen and oxygen atoms in total. The zero-order valence-corrected chi connectivity index (χ0v) is 19.2. The van der Waals surface area contributed by atoms with Crippen LogP contribution in [0.15, 0.2) is 41.0 Å². The van der Waals surface area contributed by atoms with Crippen molar-refractivity contribution < 1.29 is 18.9 Å². The summed E-state index contributed by atoms with van der Waals surface area (Å²) in [5, 5.41) is 2.88. The van der Waals surface area contributed by atoms with Gasteiger partial charge in [0, 0.05) is 37.4 Å². The molecule has 0 saturated heterocycles. The summed E-state index contributed by atoms with van der Waals surface area (Å²) in [4.78, 5) is 30.7. The fourth-order valence-corrected chi connectivity index (χ4v) is 3.12. The zero-order valence-electron chi connectivity index (χ0n) is 19.2. The number of furan rings is 1. The van der Waals surface area contributed by atoms with Gasteiger partial charge in [-0.1, -0.05) is 20.8 Å². The number of carbonyl (C=O) groups is 2. The van der Waals surface area contributed by atoms with Crippen LogP contribution in [0, 0.1) is 5.41 Å². The SMILES string of the molecule is CN(C)c1ccc(NC(=O)c2ccco2)cc1CN(CC[NH+](C)C)C(=O)C(C)(C)C. The van der Waals surface area contributed by atoms with Crippen molar-refractivity contribution in [3.8, 4) is 0 Å². The highest BCUT2D eigenvalue weighted by atomic mass is 16.3. The lowest BCUT2D eigenvalue weighted by atomic mass is 9.94. The second-order valence-corrected chi connectivity index (χ2v) is 9.10. The van der Waals surface area contributed by atoms with Crippen LogP contribution in [0.4, 0.5) is 11.4 Å². The Morgan fingerprint density at radius 1 is 1.13 bits per heavy atom. The highest BCUT2D eigenvalue weighted by Gasteiger charge is 2.28. The van der Waals surface area contributed by atoms with Crippen LogP contribution in [0.25, 0.3) is 0 Å². The molecule has 0 unspecified atom stereocenters. The number of carbonyl (C=O) groups excluding carboxylic acids is 2. The Labute approximate surface area is 179 Å². The zero-order chi connectivity index (χ0) is 22.5. The topological polar surface area (TPSA) is 70.2 Å². The van der Waals surface area contributed by atoms with Crippen molar-refractivity contribution in [2.24, 2.45) is 5.41 Å². The van der Waals surface area contributed by atoms with Crippen LogP contribution in [0.5, 0.6) is 0 Å². The van der Waals surface area contributed by atoms with E-state index < -0.39 is 5.41 Å². The minimum Gasteiger partial charge on any atom is -0.459 e. The monoisotopic (exact) mass is 415 g/mol. The Hall–Kier alpha value is -2.80. The lowest BCUT2D eigenvalue weighted by Crippen LogP contribution is -3.06. The molecule has 2 N–H and O–H groups in total. The van der Waals surface area contributed by atoms with Gasteiger partial charge in [-0.2, -0.15) is 0 Å². The van der Waals surface area contributed by atoms with E-state index in [1.165, 1.54) is 11.2 Å². The predicted octanol–water partition coefficient (Wildman–Crippen LogP) is 2.12. The van der Waals surface area contributed by atoms with Crippen LogP contribution in [-0.4, -0.2) is 58.0 Å². The van der Waals surface area contributed by atoms with Crippen LogP contribution in [0.1, 0.15) is 36.9 Å². The molecule has 164 valence electrons. The standard InChI is InChI=1S/C23H34N4O3/c1-23(2,3)22(29)27(13-12-25(4)5)16-17-15-18(10-11-19(17)26(6)7)24-21(28)20-9-8-14-30-20/h8-11,14-15H,12-13,16H2,1-7H3,(H,24,28)/p+1. The van der Waals surface area contributed by atoms with Crippen molar-refractivity contribution in [1.29, 1.82) is 0 Å². The maximum Gasteiger partial charge on any atom is 0.291 e. The molecule has 2 amide bonds. The van der Waals surface area contributed by atoms with Gasteiger partial charge in [0.25, 0.3) is 5.91 Å². The number of nitrogens with one attached hydrogen (secondary N) is 2. The van der Waals surface area contributed by atoms with Gasteiger partial charge < -0.3 is 24.4 Å². The van der Waals surface area contributed by atoms with Crippen LogP contribution < -0.4 is 15.1 Å². The van der Waals surface area contributed by atoms with Crippen molar-refractivity contribution in [1.82, 2.24) is 4.90 Å². The van der Waals surface area contributed by atoms with E-state index >= 15 is 0 Å². The molecular formula is C23H35N4O3+. The Morgan fingerprint density at radius 2 is 1.83 bits per heavy atom. The van der Waals surface area contributed by atoms with Gasteiger partial charge >= 0.3 is 0 Å². The summed E-state index contributed by atoms with van der Waals surface area (Å²) in [6.07, 6.45) is 1.47. The van der Waals surface area contributed by atoms with E-state index in [0.717, 1.165) is 17.8 Å². The van der Waals surface area contributed by atoms with Crippen molar-refractivity contribution in [2.45, 2.75) is 27.3 Å². The molecule has 0 aliphatic rings. The first kappa shape index (κ1) is 23.5. The smallest absolute Gasteiger partial charge is 0.291 e. The predicted molar refractivity (Wildman–Crippen MR) is 120 cm³/mol. The van der Waals surface area contributed by atoms with Crippen LogP contribution in [0.2, 0.25) is 0 Å². The first-order chi connectivity index (χ1) is 14.0. The van der Waals surface area contributed by atoms with Crippen molar-refractivity contribution in [2.75, 3.05) is 51.5 Å². The molecule has 0 atom stereocenters. The number of amides is 2. The normalized spacial score (nSPS) is 11.5. The Bertz CT molecular complexity index is 852. The number of hydrogen-bond donors (Lipinski definition) is 2. The molecule has 0 saturated carbocycles. The molecule has 0 aliphatic heterocycles. The molecule has 0 aliphatic carbocycles. The van der Waals surface area contributed by atoms with E-state index in [-0.39, 0.29) is 17.6 Å². The molecule has 2 rings (SSSR count). The molecule has 0 bridgehead atoms. The van der Waals surface area contributed by atoms with Gasteiger partial charge in [-0.3, -0.25) is 9.59 Å². The molecule has 2 aromatic rings. The van der Waals surface area contributed by atoms with Crippen LogP contribution >= 0.6 is 0 Å². The summed E-state index contributed by atoms with van der Waals surface area (Å²) in [6, 6.07) is 9.06. The fourth-order valence-electron chi connectivity index (χ4n) is 3.12. The number of nitrogens with zero attached hydrogens (tertiary/aromatic N) is 2. The lowest BCUT2D eigenvalue weighted by molar-refractivity contribution is -0.857. The molecular weight excluding hydrogens is 380 g/mol. The van der Waals surface area contributed by atoms with Gasteiger partial charge in [-0.05, 0) is 35.9 Å². The van der Waals surface area contributed by atoms with E-state index in [9.17, 15) is 9.59 Å². The van der Waals surface area contributed by atoms with Gasteiger partial charge in [0.1, 0.15) is 0 Å². The summed E-state index contributed by atoms with van der Waals surface area (Å²) >= 11 is 0. The van der Waals surface area contributed by atoms with E-state index in [4.69, 9.17) is 4.42 Å². The molecule has 30 heavy (non-hydrogen) atoms. The molecule has 0 radical (unpaired) electrons. The van der Waals surface area contributed by atoms with Crippen molar-refractivity contribution in [3.63, 3.8) is 0 Å². The lowest BCUT2D eigenvalue weighted by Gasteiger charge is -2.31. The summed E-state index contributed by atoms with van der Waals surface area (Å²) in [5.41, 5.74) is 2.18. The summed E-state index contributed by atoms with van der Waals surface area (Å²) < 4.78 is 5.17. The first-order valence-electron chi connectivity index (χ1n) is 10.2. The number of hydrogen-bond acceptors (Lipinski definition) is 4.